The molecule has 0 spiro atoms. The van der Waals surface area contributed by atoms with Gasteiger partial charge in [-0.3, -0.25) is 0 Å². The van der Waals surface area contributed by atoms with Gasteiger partial charge < -0.3 is 9.15 Å². The highest BCUT2D eigenvalue weighted by Gasteiger charge is 2.17. The van der Waals surface area contributed by atoms with Gasteiger partial charge in [-0.25, -0.2) is 9.18 Å². The lowest BCUT2D eigenvalue weighted by atomic mass is 9.85. The van der Waals surface area contributed by atoms with E-state index in [0.717, 1.165) is 37.7 Å². The third kappa shape index (κ3) is 4.18. The van der Waals surface area contributed by atoms with E-state index in [9.17, 15) is 9.18 Å². The Balaban J connectivity index is 1.62. The molecule has 3 aromatic rings. The maximum absolute atomic E-state index is 14.8. The first-order valence-corrected chi connectivity index (χ1v) is 10.7. The molecule has 1 unspecified atom stereocenters. The molecule has 0 aliphatic heterocycles. The molecule has 0 fully saturated rings. The van der Waals surface area contributed by atoms with E-state index in [1.165, 1.54) is 11.1 Å². The van der Waals surface area contributed by atoms with Gasteiger partial charge in [-0.1, -0.05) is 55.3 Å². The number of allylic oxidation sites excluding steroid dienone is 2. The van der Waals surface area contributed by atoms with Crippen molar-refractivity contribution < 1.29 is 13.5 Å². The molecule has 2 aromatic carbocycles. The second-order valence-corrected chi connectivity index (χ2v) is 8.09. The molecular weight excluding hydrogens is 379 g/mol. The zero-order valence-corrected chi connectivity index (χ0v) is 17.5. The molecule has 4 heteroatoms. The van der Waals surface area contributed by atoms with Gasteiger partial charge in [0, 0.05) is 5.56 Å². The lowest BCUT2D eigenvalue weighted by molar-refractivity contribution is 0.295. The molecule has 0 N–H and O–H groups in total. The Bertz CT molecular complexity index is 1130. The van der Waals surface area contributed by atoms with Gasteiger partial charge in [0.15, 0.2) is 11.6 Å². The Morgan fingerprint density at radius 2 is 1.97 bits per heavy atom. The first-order valence-electron chi connectivity index (χ1n) is 10.7. The Kier molecular flexibility index (Phi) is 6.03. The van der Waals surface area contributed by atoms with Crippen molar-refractivity contribution >= 4 is 10.8 Å². The number of ether oxygens (including phenoxy) is 1. The van der Waals surface area contributed by atoms with Crippen LogP contribution in [0.5, 0.6) is 5.75 Å². The molecule has 30 heavy (non-hydrogen) atoms. The summed E-state index contributed by atoms with van der Waals surface area (Å²) < 4.78 is 25.7. The fourth-order valence-electron chi connectivity index (χ4n) is 3.99. The topological polar surface area (TPSA) is 39.4 Å². The van der Waals surface area contributed by atoms with Crippen LogP contribution < -0.4 is 10.4 Å². The molecule has 0 saturated heterocycles. The van der Waals surface area contributed by atoms with Gasteiger partial charge in [0.2, 0.25) is 0 Å². The van der Waals surface area contributed by atoms with E-state index in [1.54, 1.807) is 18.2 Å². The molecular formula is C26H27FO3. The molecule has 156 valence electrons. The summed E-state index contributed by atoms with van der Waals surface area (Å²) in [5.41, 5.74) is 2.89. The highest BCUT2D eigenvalue weighted by molar-refractivity contribution is 5.86. The molecule has 1 atom stereocenters. The molecule has 0 radical (unpaired) electrons. The van der Waals surface area contributed by atoms with E-state index >= 15 is 0 Å². The van der Waals surface area contributed by atoms with Gasteiger partial charge >= 0.3 is 5.63 Å². The van der Waals surface area contributed by atoms with E-state index in [-0.39, 0.29) is 11.1 Å². The Morgan fingerprint density at radius 3 is 2.67 bits per heavy atom. The van der Waals surface area contributed by atoms with Gasteiger partial charge in [-0.15, -0.1) is 0 Å². The zero-order chi connectivity index (χ0) is 21.1. The van der Waals surface area contributed by atoms with Crippen LogP contribution >= 0.6 is 0 Å². The number of hydrogen-bond donors (Lipinski definition) is 0. The van der Waals surface area contributed by atoms with Gasteiger partial charge in [0.1, 0.15) is 11.1 Å². The fraction of sp³-hybridized carbons (Fsp3) is 0.346. The highest BCUT2D eigenvalue weighted by atomic mass is 19.1. The molecule has 3 nitrogen and oxygen atoms in total. The summed E-state index contributed by atoms with van der Waals surface area (Å²) in [6.45, 7) is 4.64. The average Bonchev–Trinajstić information content (AvgIpc) is 2.76. The minimum Gasteiger partial charge on any atom is -0.490 e. The number of benzene rings is 2. The maximum Gasteiger partial charge on any atom is 0.347 e. The summed E-state index contributed by atoms with van der Waals surface area (Å²) in [4.78, 5) is 12.6. The molecule has 1 aromatic heterocycles. The maximum atomic E-state index is 14.8. The normalized spacial score (nSPS) is 16.5. The molecule has 1 aliphatic carbocycles. The lowest BCUT2D eigenvalue weighted by Crippen LogP contribution is -2.06. The van der Waals surface area contributed by atoms with Gasteiger partial charge in [-0.2, -0.15) is 0 Å². The van der Waals surface area contributed by atoms with Crippen LogP contribution in [-0.2, 0) is 0 Å². The molecule has 0 bridgehead atoms. The van der Waals surface area contributed by atoms with Crippen molar-refractivity contribution in [2.24, 2.45) is 0 Å². The third-order valence-corrected chi connectivity index (χ3v) is 5.89. The lowest BCUT2D eigenvalue weighted by Gasteiger charge is -2.21. The second kappa shape index (κ2) is 8.86. The van der Waals surface area contributed by atoms with Gasteiger partial charge in [0.05, 0.1) is 6.61 Å². The number of halogens is 1. The van der Waals surface area contributed by atoms with Crippen molar-refractivity contribution in [3.63, 3.8) is 0 Å². The van der Waals surface area contributed by atoms with E-state index in [2.05, 4.69) is 25.1 Å². The summed E-state index contributed by atoms with van der Waals surface area (Å²) in [6, 6.07) is 13.2. The number of fused-ring (bicyclic) bond motifs is 1. The van der Waals surface area contributed by atoms with Crippen LogP contribution in [0.1, 0.15) is 57.4 Å². The van der Waals surface area contributed by atoms with E-state index in [1.807, 2.05) is 19.1 Å². The minimum absolute atomic E-state index is 0.0614. The minimum atomic E-state index is -0.682. The summed E-state index contributed by atoms with van der Waals surface area (Å²) in [5, 5.41) is 0.451. The third-order valence-electron chi connectivity index (χ3n) is 5.89. The molecule has 1 aliphatic rings. The molecule has 0 amide bonds. The van der Waals surface area contributed by atoms with Crippen molar-refractivity contribution in [2.75, 3.05) is 6.61 Å². The summed E-state index contributed by atoms with van der Waals surface area (Å²) in [7, 11) is 0. The number of hydrogen-bond acceptors (Lipinski definition) is 3. The average molecular weight is 406 g/mol. The standard InChI is InChI=1S/C26H27FO3/c1-3-4-15-29-22-14-13-21-16-23(30-26(28)24(21)25(22)27)20-11-9-19(10-12-20)18-7-5-17(2)6-8-18/h5,9-14,16,18H,3-4,6-8,15H2,1-2H3. The van der Waals surface area contributed by atoms with Gasteiger partial charge in [-0.05, 0) is 61.6 Å². The Morgan fingerprint density at radius 1 is 1.17 bits per heavy atom. The number of rotatable bonds is 6. The van der Waals surface area contributed by atoms with Crippen LogP contribution in [0.25, 0.3) is 22.1 Å². The fourth-order valence-corrected chi connectivity index (χ4v) is 3.99. The SMILES string of the molecule is CCCCOc1ccc2cc(-c3ccc(C4CC=C(C)CC4)cc3)oc(=O)c2c1F. The van der Waals surface area contributed by atoms with Crippen LogP contribution in [0.4, 0.5) is 4.39 Å². The monoisotopic (exact) mass is 406 g/mol. The first-order chi connectivity index (χ1) is 14.6. The highest BCUT2D eigenvalue weighted by Crippen LogP contribution is 2.33. The van der Waals surface area contributed by atoms with E-state index in [0.29, 0.717) is 23.7 Å². The van der Waals surface area contributed by atoms with Gasteiger partial charge in [0.25, 0.3) is 0 Å². The quantitative estimate of drug-likeness (QED) is 0.327. The second-order valence-electron chi connectivity index (χ2n) is 8.09. The predicted octanol–water partition coefficient (Wildman–Crippen LogP) is 6.99. The molecule has 0 saturated carbocycles. The largest absolute Gasteiger partial charge is 0.490 e. The van der Waals surface area contributed by atoms with Crippen LogP contribution in [0, 0.1) is 5.82 Å². The predicted molar refractivity (Wildman–Crippen MR) is 119 cm³/mol. The van der Waals surface area contributed by atoms with Crippen molar-refractivity contribution in [3.05, 3.63) is 75.9 Å². The first kappa shape index (κ1) is 20.4. The van der Waals surface area contributed by atoms with Crippen molar-refractivity contribution in [1.82, 2.24) is 0 Å². The van der Waals surface area contributed by atoms with Crippen LogP contribution in [0.3, 0.4) is 0 Å². The summed E-state index contributed by atoms with van der Waals surface area (Å²) in [5.74, 6) is 0.418. The van der Waals surface area contributed by atoms with Crippen LogP contribution in [-0.4, -0.2) is 6.61 Å². The van der Waals surface area contributed by atoms with Crippen molar-refractivity contribution in [2.45, 2.75) is 51.9 Å². The molecule has 1 heterocycles. The summed E-state index contributed by atoms with van der Waals surface area (Å²) >= 11 is 0. The van der Waals surface area contributed by atoms with E-state index in [4.69, 9.17) is 9.15 Å². The number of unbranched alkanes of at least 4 members (excludes halogenated alkanes) is 1. The smallest absolute Gasteiger partial charge is 0.347 e. The van der Waals surface area contributed by atoms with Crippen molar-refractivity contribution in [1.29, 1.82) is 0 Å². The molecule has 4 rings (SSSR count). The van der Waals surface area contributed by atoms with Crippen LogP contribution in [0.2, 0.25) is 0 Å². The van der Waals surface area contributed by atoms with E-state index < -0.39 is 11.4 Å². The Labute approximate surface area is 176 Å². The van der Waals surface area contributed by atoms with Crippen molar-refractivity contribution in [3.8, 4) is 17.1 Å². The zero-order valence-electron chi connectivity index (χ0n) is 17.5. The Hall–Kier alpha value is -2.88. The van der Waals surface area contributed by atoms with Crippen LogP contribution in [0.15, 0.2) is 63.3 Å². The summed E-state index contributed by atoms with van der Waals surface area (Å²) in [6.07, 6.45) is 7.47.